The molecule has 0 radical (unpaired) electrons. The Kier molecular flexibility index (Phi) is 2.89. The summed E-state index contributed by atoms with van der Waals surface area (Å²) in [6, 6.07) is 13.9. The number of thiazole rings is 1. The van der Waals surface area contributed by atoms with Gasteiger partial charge in [-0.15, -0.1) is 0 Å². The van der Waals surface area contributed by atoms with Crippen LogP contribution in [0.15, 0.2) is 48.5 Å². The first kappa shape index (κ1) is 11.7. The Labute approximate surface area is 113 Å². The number of phenolic OH excluding ortho intramolecular Hbond substituents is 1. The van der Waals surface area contributed by atoms with Gasteiger partial charge in [-0.25, -0.2) is 4.98 Å². The minimum atomic E-state index is -0.191. The van der Waals surface area contributed by atoms with E-state index < -0.39 is 0 Å². The zero-order chi connectivity index (χ0) is 13.2. The first-order chi connectivity index (χ1) is 9.22. The topological polar surface area (TPSA) is 62.2 Å². The van der Waals surface area contributed by atoms with Gasteiger partial charge in [-0.2, -0.15) is 0 Å². The number of benzene rings is 2. The van der Waals surface area contributed by atoms with E-state index in [2.05, 4.69) is 10.3 Å². The Morgan fingerprint density at radius 3 is 2.74 bits per heavy atom. The summed E-state index contributed by atoms with van der Waals surface area (Å²) in [4.78, 5) is 16.3. The number of amides is 1. The van der Waals surface area contributed by atoms with Crippen LogP contribution in [-0.2, 0) is 0 Å². The van der Waals surface area contributed by atoms with Crippen molar-refractivity contribution < 1.29 is 9.90 Å². The number of nitrogens with one attached hydrogen (secondary N) is 1. The molecule has 4 nitrogen and oxygen atoms in total. The van der Waals surface area contributed by atoms with Crippen LogP contribution in [0.5, 0.6) is 5.75 Å². The van der Waals surface area contributed by atoms with Crippen LogP contribution in [0, 0.1) is 0 Å². The van der Waals surface area contributed by atoms with Gasteiger partial charge in [-0.3, -0.25) is 10.1 Å². The van der Waals surface area contributed by atoms with E-state index in [1.165, 1.54) is 11.3 Å². The second-order valence-electron chi connectivity index (χ2n) is 3.99. The van der Waals surface area contributed by atoms with Crippen LogP contribution >= 0.6 is 11.3 Å². The normalized spacial score (nSPS) is 10.5. The summed E-state index contributed by atoms with van der Waals surface area (Å²) in [5, 5.41) is 12.7. The summed E-state index contributed by atoms with van der Waals surface area (Å²) < 4.78 is 0.836. The number of carbonyl (C=O) groups is 1. The Bertz CT molecular complexity index is 738. The molecule has 0 bridgehead atoms. The van der Waals surface area contributed by atoms with E-state index in [9.17, 15) is 9.90 Å². The first-order valence-electron chi connectivity index (χ1n) is 5.68. The van der Waals surface area contributed by atoms with Gasteiger partial charge in [0.15, 0.2) is 5.13 Å². The van der Waals surface area contributed by atoms with E-state index >= 15 is 0 Å². The third-order valence-electron chi connectivity index (χ3n) is 2.63. The maximum atomic E-state index is 12.0. The predicted octanol–water partition coefficient (Wildman–Crippen LogP) is 3.25. The average molecular weight is 270 g/mol. The summed E-state index contributed by atoms with van der Waals surface area (Å²) in [7, 11) is 0. The summed E-state index contributed by atoms with van der Waals surface area (Å²) in [6.45, 7) is 0. The molecule has 1 aromatic heterocycles. The number of hydrogen-bond acceptors (Lipinski definition) is 4. The van der Waals surface area contributed by atoms with Crippen LogP contribution in [0.25, 0.3) is 10.2 Å². The van der Waals surface area contributed by atoms with Crippen molar-refractivity contribution in [1.82, 2.24) is 4.98 Å². The molecule has 0 aliphatic rings. The van der Waals surface area contributed by atoms with Crippen molar-refractivity contribution in [3.8, 4) is 5.75 Å². The lowest BCUT2D eigenvalue weighted by molar-refractivity contribution is 0.102. The summed E-state index contributed by atoms with van der Waals surface area (Å²) in [6.07, 6.45) is 0. The van der Waals surface area contributed by atoms with Crippen molar-refractivity contribution in [2.75, 3.05) is 5.32 Å². The monoisotopic (exact) mass is 270 g/mol. The number of nitrogens with zero attached hydrogens (tertiary/aromatic N) is 1. The van der Waals surface area contributed by atoms with E-state index in [-0.39, 0.29) is 11.7 Å². The number of phenols is 1. The van der Waals surface area contributed by atoms with Crippen molar-refractivity contribution in [3.63, 3.8) is 0 Å². The van der Waals surface area contributed by atoms with E-state index in [4.69, 9.17) is 0 Å². The summed E-state index contributed by atoms with van der Waals surface area (Å²) in [5.74, 6) is 0.000893. The highest BCUT2D eigenvalue weighted by Gasteiger charge is 2.09. The Hall–Kier alpha value is -2.40. The predicted molar refractivity (Wildman–Crippen MR) is 75.7 cm³/mol. The quantitative estimate of drug-likeness (QED) is 0.751. The minimum Gasteiger partial charge on any atom is -0.508 e. The molecule has 2 N–H and O–H groups in total. The second kappa shape index (κ2) is 4.70. The minimum absolute atomic E-state index is 0.191. The van der Waals surface area contributed by atoms with Gasteiger partial charge in [0.25, 0.3) is 5.91 Å². The van der Waals surface area contributed by atoms with Gasteiger partial charge in [-0.1, -0.05) is 29.5 Å². The fourth-order valence-electron chi connectivity index (χ4n) is 1.73. The lowest BCUT2D eigenvalue weighted by Gasteiger charge is -2.00. The van der Waals surface area contributed by atoms with Crippen molar-refractivity contribution in [3.05, 3.63) is 54.1 Å². The largest absolute Gasteiger partial charge is 0.508 e. The molecule has 3 aromatic rings. The van der Waals surface area contributed by atoms with Crippen molar-refractivity contribution in [2.45, 2.75) is 0 Å². The molecule has 1 heterocycles. The van der Waals surface area contributed by atoms with Crippen LogP contribution < -0.4 is 5.32 Å². The van der Waals surface area contributed by atoms with E-state index in [0.717, 1.165) is 10.2 Å². The molecule has 0 unspecified atom stereocenters. The van der Waals surface area contributed by atoms with Crippen LogP contribution in [0.2, 0.25) is 0 Å². The molecule has 0 spiro atoms. The molecule has 0 saturated carbocycles. The second-order valence-corrected chi connectivity index (χ2v) is 5.02. The van der Waals surface area contributed by atoms with Gasteiger partial charge in [0, 0.05) is 5.56 Å². The van der Waals surface area contributed by atoms with Crippen molar-refractivity contribution in [2.24, 2.45) is 0 Å². The van der Waals surface area contributed by atoms with Crippen molar-refractivity contribution >= 4 is 32.6 Å². The third-order valence-corrected chi connectivity index (χ3v) is 3.56. The van der Waals surface area contributed by atoms with E-state index in [1.54, 1.807) is 30.3 Å². The smallest absolute Gasteiger partial charge is 0.257 e. The van der Waals surface area contributed by atoms with Gasteiger partial charge in [0.1, 0.15) is 5.75 Å². The molecule has 3 rings (SSSR count). The molecule has 0 aliphatic heterocycles. The van der Waals surface area contributed by atoms with Crippen LogP contribution in [0.4, 0.5) is 5.13 Å². The van der Waals surface area contributed by atoms with Crippen LogP contribution in [0.1, 0.15) is 10.4 Å². The number of anilines is 1. The molecular weight excluding hydrogens is 260 g/mol. The number of carbonyl (C=O) groups excluding carboxylic acids is 1. The molecule has 94 valence electrons. The molecule has 0 saturated heterocycles. The Morgan fingerprint density at radius 2 is 1.95 bits per heavy atom. The van der Waals surface area contributed by atoms with Gasteiger partial charge < -0.3 is 5.11 Å². The molecule has 1 amide bonds. The number of hydrogen-bond donors (Lipinski definition) is 2. The SMILES string of the molecule is O=C(Nc1nc2ccc(O)cc2s1)c1ccccc1. The van der Waals surface area contributed by atoms with Gasteiger partial charge in [0.05, 0.1) is 10.2 Å². The van der Waals surface area contributed by atoms with Gasteiger partial charge in [0.2, 0.25) is 0 Å². The van der Waals surface area contributed by atoms with Gasteiger partial charge in [-0.05, 0) is 30.3 Å². The molecule has 19 heavy (non-hydrogen) atoms. The van der Waals surface area contributed by atoms with E-state index in [0.29, 0.717) is 10.7 Å². The molecule has 0 aliphatic carbocycles. The average Bonchev–Trinajstić information content (AvgIpc) is 2.81. The number of aromatic nitrogens is 1. The first-order valence-corrected chi connectivity index (χ1v) is 6.50. The molecule has 2 aromatic carbocycles. The number of aromatic hydroxyl groups is 1. The number of rotatable bonds is 2. The lowest BCUT2D eigenvalue weighted by atomic mass is 10.2. The summed E-state index contributed by atoms with van der Waals surface area (Å²) in [5.41, 5.74) is 1.34. The molecule has 5 heteroatoms. The maximum absolute atomic E-state index is 12.0. The molecule has 0 fully saturated rings. The van der Waals surface area contributed by atoms with Crippen LogP contribution in [0.3, 0.4) is 0 Å². The lowest BCUT2D eigenvalue weighted by Crippen LogP contribution is -2.11. The van der Waals surface area contributed by atoms with E-state index in [1.807, 2.05) is 18.2 Å². The van der Waals surface area contributed by atoms with Crippen LogP contribution in [-0.4, -0.2) is 16.0 Å². The standard InChI is InChI=1S/C14H10N2O2S/c17-10-6-7-11-12(8-10)19-14(15-11)16-13(18)9-4-2-1-3-5-9/h1-8,17H,(H,15,16,18). The van der Waals surface area contributed by atoms with Crippen molar-refractivity contribution in [1.29, 1.82) is 0 Å². The highest BCUT2D eigenvalue weighted by Crippen LogP contribution is 2.28. The zero-order valence-electron chi connectivity index (χ0n) is 9.83. The Balaban J connectivity index is 1.87. The maximum Gasteiger partial charge on any atom is 0.257 e. The zero-order valence-corrected chi connectivity index (χ0v) is 10.6. The third kappa shape index (κ3) is 2.41. The molecular formula is C14H10N2O2S. The highest BCUT2D eigenvalue weighted by molar-refractivity contribution is 7.22. The molecule has 0 atom stereocenters. The fraction of sp³-hybridized carbons (Fsp3) is 0. The fourth-order valence-corrected chi connectivity index (χ4v) is 2.62. The number of fused-ring (bicyclic) bond motifs is 1. The van der Waals surface area contributed by atoms with Gasteiger partial charge >= 0.3 is 0 Å². The summed E-state index contributed by atoms with van der Waals surface area (Å²) >= 11 is 1.33. The Morgan fingerprint density at radius 1 is 1.16 bits per heavy atom. The highest BCUT2D eigenvalue weighted by atomic mass is 32.1.